The topological polar surface area (TPSA) is 75.6 Å². The number of carbonyl (C=O) groups is 2. The molecular formula is C18H19NO4S. The Morgan fingerprint density at radius 3 is 2.54 bits per heavy atom. The molecule has 0 spiro atoms. The van der Waals surface area contributed by atoms with Crippen LogP contribution in [0.3, 0.4) is 0 Å². The maximum Gasteiger partial charge on any atom is 0.330 e. The van der Waals surface area contributed by atoms with E-state index in [0.717, 1.165) is 6.42 Å². The lowest BCUT2D eigenvalue weighted by atomic mass is 10.1. The van der Waals surface area contributed by atoms with Gasteiger partial charge in [-0.3, -0.25) is 4.79 Å². The number of methoxy groups -OCH3 is 1. The van der Waals surface area contributed by atoms with Gasteiger partial charge in [0.05, 0.1) is 7.11 Å². The zero-order valence-electron chi connectivity index (χ0n) is 13.5. The van der Waals surface area contributed by atoms with Gasteiger partial charge in [-0.05, 0) is 48.1 Å². The van der Waals surface area contributed by atoms with Gasteiger partial charge >= 0.3 is 5.97 Å². The molecule has 1 aliphatic carbocycles. The molecule has 24 heavy (non-hydrogen) atoms. The van der Waals surface area contributed by atoms with Gasteiger partial charge in [-0.1, -0.05) is 12.1 Å². The van der Waals surface area contributed by atoms with Crippen molar-refractivity contribution in [2.24, 2.45) is 5.92 Å². The zero-order chi connectivity index (χ0) is 17.3. The highest BCUT2D eigenvalue weighted by Crippen LogP contribution is 2.50. The first-order valence-electron chi connectivity index (χ1n) is 7.72. The number of aliphatic carboxylic acids is 1. The van der Waals surface area contributed by atoms with E-state index in [9.17, 15) is 14.7 Å². The van der Waals surface area contributed by atoms with Gasteiger partial charge in [-0.2, -0.15) is 0 Å². The number of amides is 1. The molecule has 1 heterocycles. The Labute approximate surface area is 144 Å². The van der Waals surface area contributed by atoms with E-state index in [1.165, 1.54) is 10.4 Å². The third-order valence-corrected chi connectivity index (χ3v) is 5.50. The lowest BCUT2D eigenvalue weighted by molar-refractivity contribution is -0.142. The van der Waals surface area contributed by atoms with Crippen LogP contribution in [0.1, 0.15) is 34.4 Å². The average Bonchev–Trinajstić information content (AvgIpc) is 3.26. The summed E-state index contributed by atoms with van der Waals surface area (Å²) in [5, 5.41) is 14.1. The second-order valence-electron chi connectivity index (χ2n) is 5.97. The monoisotopic (exact) mass is 345 g/mol. The molecule has 3 unspecified atom stereocenters. The van der Waals surface area contributed by atoms with E-state index in [0.29, 0.717) is 11.3 Å². The quantitative estimate of drug-likeness (QED) is 0.843. The van der Waals surface area contributed by atoms with Crippen LogP contribution in [-0.4, -0.2) is 24.1 Å². The number of rotatable bonds is 6. The molecule has 1 fully saturated rings. The Bertz CT molecular complexity index is 753. The number of nitrogens with one attached hydrogen (secondary N) is 1. The SMILES string of the molecule is COc1ccc(C(NC(=O)C2CC2c2sccc2C)C(=O)O)cc1. The molecule has 1 amide bonds. The molecule has 126 valence electrons. The van der Waals surface area contributed by atoms with Crippen LogP contribution in [-0.2, 0) is 9.59 Å². The van der Waals surface area contributed by atoms with E-state index < -0.39 is 12.0 Å². The first-order valence-corrected chi connectivity index (χ1v) is 8.60. The number of benzene rings is 1. The molecule has 3 rings (SSSR count). The van der Waals surface area contributed by atoms with Crippen LogP contribution in [0.25, 0.3) is 0 Å². The van der Waals surface area contributed by atoms with Crippen molar-refractivity contribution >= 4 is 23.2 Å². The van der Waals surface area contributed by atoms with Crippen LogP contribution in [0.4, 0.5) is 0 Å². The fraction of sp³-hybridized carbons (Fsp3) is 0.333. The van der Waals surface area contributed by atoms with Crippen molar-refractivity contribution in [3.63, 3.8) is 0 Å². The van der Waals surface area contributed by atoms with Crippen molar-refractivity contribution in [2.75, 3.05) is 7.11 Å². The molecule has 0 aliphatic heterocycles. The van der Waals surface area contributed by atoms with Crippen LogP contribution in [0, 0.1) is 12.8 Å². The standard InChI is InChI=1S/C18H19NO4S/c1-10-7-8-24-16(10)13-9-14(13)17(20)19-15(18(21)22)11-3-5-12(23-2)6-4-11/h3-8,13-15H,9H2,1-2H3,(H,19,20)(H,21,22). The van der Waals surface area contributed by atoms with Gasteiger partial charge < -0.3 is 15.2 Å². The van der Waals surface area contributed by atoms with E-state index in [1.807, 2.05) is 18.4 Å². The van der Waals surface area contributed by atoms with Crippen LogP contribution >= 0.6 is 11.3 Å². The molecule has 2 N–H and O–H groups in total. The Morgan fingerprint density at radius 1 is 1.29 bits per heavy atom. The summed E-state index contributed by atoms with van der Waals surface area (Å²) in [6.45, 7) is 2.04. The van der Waals surface area contributed by atoms with Crippen LogP contribution in [0.2, 0.25) is 0 Å². The van der Waals surface area contributed by atoms with Crippen molar-refractivity contribution < 1.29 is 19.4 Å². The van der Waals surface area contributed by atoms with E-state index in [1.54, 1.807) is 42.7 Å². The van der Waals surface area contributed by atoms with Crippen LogP contribution < -0.4 is 10.1 Å². The van der Waals surface area contributed by atoms with Gasteiger partial charge in [0.15, 0.2) is 6.04 Å². The molecule has 0 saturated heterocycles. The number of aryl methyl sites for hydroxylation is 1. The van der Waals surface area contributed by atoms with Gasteiger partial charge in [0.2, 0.25) is 5.91 Å². The maximum absolute atomic E-state index is 12.4. The molecule has 6 heteroatoms. The second kappa shape index (κ2) is 6.65. The predicted molar refractivity (Wildman–Crippen MR) is 91.4 cm³/mol. The Hall–Kier alpha value is -2.34. The van der Waals surface area contributed by atoms with Crippen LogP contribution in [0.5, 0.6) is 5.75 Å². The number of thiophene rings is 1. The molecular weight excluding hydrogens is 326 g/mol. The van der Waals surface area contributed by atoms with Crippen molar-refractivity contribution in [3.05, 3.63) is 51.7 Å². The Morgan fingerprint density at radius 2 is 2.00 bits per heavy atom. The largest absolute Gasteiger partial charge is 0.497 e. The third kappa shape index (κ3) is 3.28. The normalized spacial score (nSPS) is 20.2. The van der Waals surface area contributed by atoms with Crippen molar-refractivity contribution in [3.8, 4) is 5.75 Å². The van der Waals surface area contributed by atoms with Crippen molar-refractivity contribution in [1.29, 1.82) is 0 Å². The molecule has 3 atom stereocenters. The highest BCUT2D eigenvalue weighted by Gasteiger charge is 2.46. The van der Waals surface area contributed by atoms with E-state index in [-0.39, 0.29) is 17.7 Å². The number of carboxylic acids is 1. The minimum atomic E-state index is -1.07. The lowest BCUT2D eigenvalue weighted by Gasteiger charge is -2.15. The fourth-order valence-electron chi connectivity index (χ4n) is 2.87. The molecule has 1 aromatic carbocycles. The van der Waals surface area contributed by atoms with Gasteiger partial charge in [-0.15, -0.1) is 11.3 Å². The average molecular weight is 345 g/mol. The van der Waals surface area contributed by atoms with E-state index in [2.05, 4.69) is 5.32 Å². The molecule has 1 saturated carbocycles. The summed E-state index contributed by atoms with van der Waals surface area (Å²) in [7, 11) is 1.55. The van der Waals surface area contributed by atoms with Crippen molar-refractivity contribution in [1.82, 2.24) is 5.32 Å². The fourth-order valence-corrected chi connectivity index (χ4v) is 3.98. The minimum absolute atomic E-state index is 0.137. The first kappa shape index (κ1) is 16.5. The van der Waals surface area contributed by atoms with E-state index >= 15 is 0 Å². The Balaban J connectivity index is 1.69. The smallest absolute Gasteiger partial charge is 0.330 e. The molecule has 2 aromatic rings. The van der Waals surface area contributed by atoms with Crippen LogP contribution in [0.15, 0.2) is 35.7 Å². The highest BCUT2D eigenvalue weighted by molar-refractivity contribution is 7.10. The number of ether oxygens (including phenoxy) is 1. The number of hydrogen-bond acceptors (Lipinski definition) is 4. The summed E-state index contributed by atoms with van der Waals surface area (Å²) >= 11 is 1.66. The lowest BCUT2D eigenvalue weighted by Crippen LogP contribution is -2.35. The summed E-state index contributed by atoms with van der Waals surface area (Å²) in [5.74, 6) is -0.545. The number of carbonyl (C=O) groups excluding carboxylic acids is 1. The predicted octanol–water partition coefficient (Wildman–Crippen LogP) is 3.11. The molecule has 0 bridgehead atoms. The third-order valence-electron chi connectivity index (χ3n) is 4.35. The number of carboxylic acid groups (broad SMARTS) is 1. The maximum atomic E-state index is 12.4. The summed E-state index contributed by atoms with van der Waals surface area (Å²) in [5.41, 5.74) is 1.73. The minimum Gasteiger partial charge on any atom is -0.497 e. The highest BCUT2D eigenvalue weighted by atomic mass is 32.1. The first-order chi connectivity index (χ1) is 11.5. The van der Waals surface area contributed by atoms with Crippen molar-refractivity contribution in [2.45, 2.75) is 25.3 Å². The summed E-state index contributed by atoms with van der Waals surface area (Å²) in [6, 6.07) is 7.69. The zero-order valence-corrected chi connectivity index (χ0v) is 14.3. The van der Waals surface area contributed by atoms with Gasteiger partial charge in [0.1, 0.15) is 5.75 Å². The molecule has 1 aromatic heterocycles. The van der Waals surface area contributed by atoms with Gasteiger partial charge in [0, 0.05) is 16.7 Å². The summed E-state index contributed by atoms with van der Waals surface area (Å²) in [4.78, 5) is 25.2. The second-order valence-corrected chi connectivity index (χ2v) is 6.92. The summed E-state index contributed by atoms with van der Waals surface area (Å²) in [6.07, 6.45) is 0.780. The number of hydrogen-bond donors (Lipinski definition) is 2. The van der Waals surface area contributed by atoms with Gasteiger partial charge in [0.25, 0.3) is 0 Å². The summed E-state index contributed by atoms with van der Waals surface area (Å²) < 4.78 is 5.07. The van der Waals surface area contributed by atoms with E-state index in [4.69, 9.17) is 4.74 Å². The van der Waals surface area contributed by atoms with Gasteiger partial charge in [-0.25, -0.2) is 4.79 Å². The molecule has 1 aliphatic rings. The Kier molecular flexibility index (Phi) is 4.57. The molecule has 0 radical (unpaired) electrons. The molecule has 5 nitrogen and oxygen atoms in total.